The molecule has 0 saturated carbocycles. The van der Waals surface area contributed by atoms with Crippen molar-refractivity contribution in [2.24, 2.45) is 0 Å². The lowest BCUT2D eigenvalue weighted by Gasteiger charge is -1.94. The van der Waals surface area contributed by atoms with Gasteiger partial charge < -0.3 is 5.11 Å². The van der Waals surface area contributed by atoms with Gasteiger partial charge in [0.15, 0.2) is 0 Å². The molecule has 1 N–H and O–H groups in total. The number of hydrogen-bond acceptors (Lipinski definition) is 2. The largest absolute Gasteiger partial charge is 0.481 e. The first-order valence-electron chi connectivity index (χ1n) is 8.53. The van der Waals surface area contributed by atoms with Crippen molar-refractivity contribution in [2.45, 2.75) is 64.7 Å². The monoisotopic (exact) mass is 318 g/mol. The van der Waals surface area contributed by atoms with E-state index < -0.39 is 5.97 Å². The van der Waals surface area contributed by atoms with Crippen molar-refractivity contribution in [1.29, 1.82) is 0 Å². The first-order chi connectivity index (χ1) is 11.2. The molecule has 0 aromatic rings. The smallest absolute Gasteiger partial charge is 0.303 e. The number of ketones is 1. The van der Waals surface area contributed by atoms with Crippen molar-refractivity contribution in [2.75, 3.05) is 0 Å². The summed E-state index contributed by atoms with van der Waals surface area (Å²) in [6, 6.07) is 0. The van der Waals surface area contributed by atoms with Crippen LogP contribution in [0.15, 0.2) is 48.6 Å². The Labute approximate surface area is 140 Å². The average molecular weight is 318 g/mol. The fraction of sp³-hybridized carbons (Fsp3) is 0.500. The van der Waals surface area contributed by atoms with E-state index in [1.54, 1.807) is 6.08 Å². The molecule has 3 nitrogen and oxygen atoms in total. The van der Waals surface area contributed by atoms with Crippen LogP contribution in [0, 0.1) is 0 Å². The summed E-state index contributed by atoms with van der Waals surface area (Å²) in [5.74, 6) is -0.765. The molecule has 0 aliphatic heterocycles. The highest BCUT2D eigenvalue weighted by molar-refractivity contribution is 5.80. The molecule has 0 aromatic carbocycles. The third-order valence-electron chi connectivity index (χ3n) is 3.21. The van der Waals surface area contributed by atoms with E-state index >= 15 is 0 Å². The van der Waals surface area contributed by atoms with Crippen molar-refractivity contribution in [1.82, 2.24) is 0 Å². The molecule has 0 unspecified atom stereocenters. The fourth-order valence-corrected chi connectivity index (χ4v) is 1.91. The van der Waals surface area contributed by atoms with E-state index in [-0.39, 0.29) is 12.2 Å². The van der Waals surface area contributed by atoms with E-state index in [0.717, 1.165) is 6.42 Å². The third-order valence-corrected chi connectivity index (χ3v) is 3.21. The molecule has 128 valence electrons. The van der Waals surface area contributed by atoms with Crippen molar-refractivity contribution >= 4 is 11.8 Å². The molecule has 0 aliphatic carbocycles. The minimum Gasteiger partial charge on any atom is -0.481 e. The van der Waals surface area contributed by atoms with Gasteiger partial charge in [-0.15, -0.1) is 0 Å². The molecule has 0 spiro atoms. The number of aliphatic carboxylic acids is 1. The number of unbranched alkanes of at least 4 members (excludes halogenated alkanes) is 3. The highest BCUT2D eigenvalue weighted by Crippen LogP contribution is 2.01. The van der Waals surface area contributed by atoms with Crippen LogP contribution in [0.4, 0.5) is 0 Å². The summed E-state index contributed by atoms with van der Waals surface area (Å²) in [4.78, 5) is 21.8. The van der Waals surface area contributed by atoms with Crippen LogP contribution < -0.4 is 0 Å². The second kappa shape index (κ2) is 16.5. The number of carboxylic acid groups (broad SMARTS) is 1. The van der Waals surface area contributed by atoms with Crippen LogP contribution in [-0.4, -0.2) is 16.9 Å². The molecule has 0 saturated heterocycles. The molecule has 0 radical (unpaired) electrons. The number of allylic oxidation sites excluding steroid dienone is 8. The molecule has 0 fully saturated rings. The van der Waals surface area contributed by atoms with Crippen molar-refractivity contribution < 1.29 is 14.7 Å². The summed E-state index contributed by atoms with van der Waals surface area (Å²) >= 11 is 0. The third kappa shape index (κ3) is 18.1. The maximum absolute atomic E-state index is 11.4. The zero-order valence-electron chi connectivity index (χ0n) is 14.2. The number of carboxylic acids is 1. The lowest BCUT2D eigenvalue weighted by Crippen LogP contribution is -1.99. The highest BCUT2D eigenvalue weighted by atomic mass is 16.4. The summed E-state index contributed by atoms with van der Waals surface area (Å²) in [6.07, 6.45) is 23.2. The highest BCUT2D eigenvalue weighted by Gasteiger charge is 2.01. The Balaban J connectivity index is 3.62. The predicted octanol–water partition coefficient (Wildman–Crippen LogP) is 5.40. The summed E-state index contributed by atoms with van der Waals surface area (Å²) in [6.45, 7) is 2.21. The molecule has 0 bridgehead atoms. The van der Waals surface area contributed by atoms with Crippen LogP contribution in [0.5, 0.6) is 0 Å². The summed E-state index contributed by atoms with van der Waals surface area (Å²) in [5.41, 5.74) is 0. The van der Waals surface area contributed by atoms with Crippen molar-refractivity contribution in [3.8, 4) is 0 Å². The van der Waals surface area contributed by atoms with E-state index in [0.29, 0.717) is 19.3 Å². The van der Waals surface area contributed by atoms with Gasteiger partial charge in [-0.05, 0) is 25.7 Å². The number of carbonyl (C=O) groups excluding carboxylic acids is 1. The molecular formula is C20H30O3. The van der Waals surface area contributed by atoms with Gasteiger partial charge in [-0.1, -0.05) is 68.4 Å². The lowest BCUT2D eigenvalue weighted by molar-refractivity contribution is -0.137. The maximum atomic E-state index is 11.4. The van der Waals surface area contributed by atoms with Gasteiger partial charge in [-0.2, -0.15) is 0 Å². The van der Waals surface area contributed by atoms with E-state index in [1.165, 1.54) is 25.7 Å². The Hall–Kier alpha value is -1.90. The first kappa shape index (κ1) is 21.1. The molecule has 0 atom stereocenters. The van der Waals surface area contributed by atoms with Gasteiger partial charge in [0.05, 0.1) is 0 Å². The molecule has 0 aliphatic rings. The Morgan fingerprint density at radius 2 is 1.57 bits per heavy atom. The zero-order chi connectivity index (χ0) is 17.2. The number of Topliss-reactive ketones (excluding diaryl/α,β-unsaturated/α-hetero) is 1. The Kier molecular flexibility index (Phi) is 15.1. The van der Waals surface area contributed by atoms with Gasteiger partial charge in [-0.3, -0.25) is 9.59 Å². The van der Waals surface area contributed by atoms with Crippen LogP contribution in [0.3, 0.4) is 0 Å². The molecule has 0 heterocycles. The Bertz CT molecular complexity index is 428. The molecule has 0 aromatic heterocycles. The van der Waals surface area contributed by atoms with Gasteiger partial charge >= 0.3 is 5.97 Å². The number of rotatable bonds is 14. The Morgan fingerprint density at radius 1 is 0.826 bits per heavy atom. The van der Waals surface area contributed by atoms with Gasteiger partial charge in [-0.25, -0.2) is 0 Å². The van der Waals surface area contributed by atoms with Crippen LogP contribution in [0.25, 0.3) is 0 Å². The van der Waals surface area contributed by atoms with Crippen LogP contribution >= 0.6 is 0 Å². The summed E-state index contributed by atoms with van der Waals surface area (Å²) in [5, 5.41) is 8.48. The van der Waals surface area contributed by atoms with E-state index in [2.05, 4.69) is 25.2 Å². The predicted molar refractivity (Wildman–Crippen MR) is 96.4 cm³/mol. The minimum atomic E-state index is -0.848. The molecule has 0 amide bonds. The molecule has 23 heavy (non-hydrogen) atoms. The number of carbonyl (C=O) groups is 2. The lowest BCUT2D eigenvalue weighted by atomic mass is 10.1. The Morgan fingerprint density at radius 3 is 2.26 bits per heavy atom. The summed E-state index contributed by atoms with van der Waals surface area (Å²) in [7, 11) is 0. The minimum absolute atomic E-state index is 0.0627. The van der Waals surface area contributed by atoms with E-state index in [1.807, 2.05) is 24.3 Å². The van der Waals surface area contributed by atoms with Gasteiger partial charge in [0.25, 0.3) is 0 Å². The topological polar surface area (TPSA) is 54.4 Å². The van der Waals surface area contributed by atoms with Gasteiger partial charge in [0, 0.05) is 19.3 Å². The molecular weight excluding hydrogens is 288 g/mol. The van der Waals surface area contributed by atoms with Crippen molar-refractivity contribution in [3.63, 3.8) is 0 Å². The van der Waals surface area contributed by atoms with Crippen LogP contribution in [0.2, 0.25) is 0 Å². The van der Waals surface area contributed by atoms with E-state index in [4.69, 9.17) is 5.11 Å². The molecule has 3 heteroatoms. The maximum Gasteiger partial charge on any atom is 0.303 e. The molecule has 0 rings (SSSR count). The standard InChI is InChI=1S/C20H30O3/c1-2-3-4-5-6-7-8-9-10-11-12-13-14-16-19(21)17-15-18-20(22)23/h6-7,9-14H,2-5,8,15-18H2,1H3,(H,22,23)/b7-6-,10-9-,12-11+,14-13+. The summed E-state index contributed by atoms with van der Waals surface area (Å²) < 4.78 is 0. The van der Waals surface area contributed by atoms with Gasteiger partial charge in [0.2, 0.25) is 0 Å². The fourth-order valence-electron chi connectivity index (χ4n) is 1.91. The second-order valence-corrected chi connectivity index (χ2v) is 5.43. The zero-order valence-corrected chi connectivity index (χ0v) is 14.2. The second-order valence-electron chi connectivity index (χ2n) is 5.43. The normalized spacial score (nSPS) is 12.2. The SMILES string of the molecule is CCCCC/C=C\C\C=C/C=C/C=C/CC(=O)CCCC(=O)O. The van der Waals surface area contributed by atoms with Crippen molar-refractivity contribution in [3.05, 3.63) is 48.6 Å². The van der Waals surface area contributed by atoms with E-state index in [9.17, 15) is 9.59 Å². The quantitative estimate of drug-likeness (QED) is 0.265. The van der Waals surface area contributed by atoms with Crippen LogP contribution in [-0.2, 0) is 9.59 Å². The van der Waals surface area contributed by atoms with Crippen LogP contribution in [0.1, 0.15) is 64.7 Å². The first-order valence-corrected chi connectivity index (χ1v) is 8.53. The van der Waals surface area contributed by atoms with Gasteiger partial charge in [0.1, 0.15) is 5.78 Å². The average Bonchev–Trinajstić information content (AvgIpc) is 2.51. The number of hydrogen-bond donors (Lipinski definition) is 1.